The van der Waals surface area contributed by atoms with Crippen molar-refractivity contribution in [2.45, 2.75) is 32.5 Å². The molecule has 2 heterocycles. The van der Waals surface area contributed by atoms with Crippen LogP contribution in [-0.2, 0) is 19.5 Å². The zero-order chi connectivity index (χ0) is 19.3. The third kappa shape index (κ3) is 3.73. The van der Waals surface area contributed by atoms with E-state index in [4.69, 9.17) is 0 Å². The van der Waals surface area contributed by atoms with Gasteiger partial charge in [0.15, 0.2) is 5.82 Å². The molecular weight excluding hydrogens is 350 g/mol. The predicted molar refractivity (Wildman–Crippen MR) is 109 cm³/mol. The fraction of sp³-hybridized carbons (Fsp3) is 0.227. The van der Waals surface area contributed by atoms with E-state index in [-0.39, 0.29) is 0 Å². The summed E-state index contributed by atoms with van der Waals surface area (Å²) in [4.78, 5) is 9.13. The highest BCUT2D eigenvalue weighted by atomic mass is 16.3. The largest absolute Gasteiger partial charge is 0.391 e. The number of nitrogens with zero attached hydrogens (tertiary/aromatic N) is 5. The maximum Gasteiger partial charge on any atom is 0.177 e. The summed E-state index contributed by atoms with van der Waals surface area (Å²) in [6.07, 6.45) is 3.39. The molecule has 6 heteroatoms. The van der Waals surface area contributed by atoms with Crippen molar-refractivity contribution in [1.29, 1.82) is 0 Å². The Bertz CT molecular complexity index is 1020. The molecule has 0 amide bonds. The van der Waals surface area contributed by atoms with Gasteiger partial charge in [-0.1, -0.05) is 60.7 Å². The number of rotatable bonds is 7. The smallest absolute Gasteiger partial charge is 0.177 e. The molecule has 0 radical (unpaired) electrons. The number of aliphatic hydroxyl groups is 1. The van der Waals surface area contributed by atoms with Crippen LogP contribution in [0.3, 0.4) is 0 Å². The Kier molecular flexibility index (Phi) is 5.30. The molecule has 0 saturated carbocycles. The van der Waals surface area contributed by atoms with Crippen molar-refractivity contribution in [2.75, 3.05) is 0 Å². The molecule has 1 N–H and O–H groups in total. The fourth-order valence-corrected chi connectivity index (χ4v) is 3.42. The van der Waals surface area contributed by atoms with E-state index in [1.54, 1.807) is 12.7 Å². The van der Waals surface area contributed by atoms with Gasteiger partial charge in [-0.15, -0.1) is 0 Å². The van der Waals surface area contributed by atoms with Gasteiger partial charge < -0.3 is 9.67 Å². The zero-order valence-electron chi connectivity index (χ0n) is 15.8. The number of hydrogen-bond acceptors (Lipinski definition) is 4. The van der Waals surface area contributed by atoms with Crippen LogP contribution in [0.5, 0.6) is 0 Å². The lowest BCUT2D eigenvalue weighted by atomic mass is 10.1. The first-order chi connectivity index (χ1) is 13.8. The van der Waals surface area contributed by atoms with E-state index in [9.17, 15) is 5.11 Å². The molecular formula is C22H23N5O. The number of hydrogen-bond donors (Lipinski definition) is 1. The third-order valence-electron chi connectivity index (χ3n) is 4.73. The quantitative estimate of drug-likeness (QED) is 0.539. The Balaban J connectivity index is 1.70. The minimum absolute atomic E-state index is 0.431. The van der Waals surface area contributed by atoms with Gasteiger partial charge in [-0.25, -0.2) is 14.6 Å². The van der Waals surface area contributed by atoms with Gasteiger partial charge in [-0.3, -0.25) is 0 Å². The van der Waals surface area contributed by atoms with E-state index in [1.165, 1.54) is 0 Å². The third-order valence-corrected chi connectivity index (χ3v) is 4.73. The van der Waals surface area contributed by atoms with E-state index in [0.29, 0.717) is 19.5 Å². The van der Waals surface area contributed by atoms with Crippen molar-refractivity contribution >= 4 is 0 Å². The number of benzene rings is 2. The summed E-state index contributed by atoms with van der Waals surface area (Å²) in [6, 6.07) is 20.0. The van der Waals surface area contributed by atoms with Crippen LogP contribution < -0.4 is 0 Å². The Labute approximate surface area is 164 Å². The molecule has 1 atom stereocenters. The summed E-state index contributed by atoms with van der Waals surface area (Å²) < 4.78 is 3.83. The van der Waals surface area contributed by atoms with Crippen molar-refractivity contribution in [3.8, 4) is 22.8 Å². The van der Waals surface area contributed by atoms with Gasteiger partial charge in [-0.2, -0.15) is 5.10 Å². The lowest BCUT2D eigenvalue weighted by Crippen LogP contribution is -2.19. The molecule has 28 heavy (non-hydrogen) atoms. The Hall–Kier alpha value is -3.25. The summed E-state index contributed by atoms with van der Waals surface area (Å²) in [5, 5.41) is 15.0. The maximum absolute atomic E-state index is 10.7. The Morgan fingerprint density at radius 1 is 0.964 bits per heavy atom. The molecule has 0 aliphatic rings. The maximum atomic E-state index is 10.7. The highest BCUT2D eigenvalue weighted by Crippen LogP contribution is 2.30. The minimum Gasteiger partial charge on any atom is -0.391 e. The normalized spacial score (nSPS) is 12.2. The van der Waals surface area contributed by atoms with E-state index >= 15 is 0 Å². The number of aliphatic hydroxyl groups excluding tert-OH is 1. The van der Waals surface area contributed by atoms with Crippen molar-refractivity contribution in [3.05, 3.63) is 78.9 Å². The highest BCUT2D eigenvalue weighted by molar-refractivity contribution is 5.75. The first-order valence-corrected chi connectivity index (χ1v) is 9.47. The molecule has 2 aromatic carbocycles. The second-order valence-corrected chi connectivity index (χ2v) is 6.70. The van der Waals surface area contributed by atoms with Gasteiger partial charge in [0.25, 0.3) is 0 Å². The molecule has 6 nitrogen and oxygen atoms in total. The van der Waals surface area contributed by atoms with E-state index in [1.807, 2.05) is 76.8 Å². The van der Waals surface area contributed by atoms with E-state index < -0.39 is 6.10 Å². The monoisotopic (exact) mass is 373 g/mol. The average Bonchev–Trinajstić information content (AvgIpc) is 3.35. The van der Waals surface area contributed by atoms with Crippen LogP contribution >= 0.6 is 0 Å². The van der Waals surface area contributed by atoms with Crippen molar-refractivity contribution in [3.63, 3.8) is 0 Å². The van der Waals surface area contributed by atoms with Crippen LogP contribution in [-0.4, -0.2) is 35.5 Å². The van der Waals surface area contributed by atoms with Gasteiger partial charge in [0.2, 0.25) is 0 Å². The average molecular weight is 373 g/mol. The Morgan fingerprint density at radius 2 is 1.68 bits per heavy atom. The lowest BCUT2D eigenvalue weighted by molar-refractivity contribution is 0.154. The van der Waals surface area contributed by atoms with E-state index in [0.717, 1.165) is 28.3 Å². The highest BCUT2D eigenvalue weighted by Gasteiger charge is 2.21. The topological polar surface area (TPSA) is 68.8 Å². The lowest BCUT2D eigenvalue weighted by Gasteiger charge is -2.15. The molecule has 142 valence electrons. The first-order valence-electron chi connectivity index (χ1n) is 9.47. The predicted octanol–water partition coefficient (Wildman–Crippen LogP) is 3.43. The van der Waals surface area contributed by atoms with Crippen molar-refractivity contribution < 1.29 is 5.11 Å². The van der Waals surface area contributed by atoms with Crippen LogP contribution in [0.4, 0.5) is 0 Å². The number of aryl methyl sites for hydroxylation is 1. The summed E-state index contributed by atoms with van der Waals surface area (Å²) in [7, 11) is 0. The molecule has 4 rings (SSSR count). The summed E-state index contributed by atoms with van der Waals surface area (Å²) in [5.74, 6) is 0.755. The van der Waals surface area contributed by atoms with Gasteiger partial charge >= 0.3 is 0 Å². The Morgan fingerprint density at radius 3 is 2.39 bits per heavy atom. The van der Waals surface area contributed by atoms with Crippen LogP contribution in [0, 0.1) is 0 Å². The standard InChI is InChI=1S/C22H23N5O/c1-2-27-22(23-15-25-27)21-20(18-11-7-4-8-12-18)24-16-26(21)14-19(28)13-17-9-5-3-6-10-17/h3-12,15-16,19,28H,2,13-14H2,1H3/t19-/m0/s1. The molecule has 0 fully saturated rings. The van der Waals surface area contributed by atoms with Gasteiger partial charge in [0.1, 0.15) is 12.0 Å². The fourth-order valence-electron chi connectivity index (χ4n) is 3.42. The van der Waals surface area contributed by atoms with Gasteiger partial charge in [0, 0.05) is 18.5 Å². The molecule has 0 unspecified atom stereocenters. The van der Waals surface area contributed by atoms with Crippen molar-refractivity contribution in [1.82, 2.24) is 24.3 Å². The molecule has 0 bridgehead atoms. The van der Waals surface area contributed by atoms with Crippen molar-refractivity contribution in [2.24, 2.45) is 0 Å². The summed E-state index contributed by atoms with van der Waals surface area (Å²) in [6.45, 7) is 3.17. The molecule has 4 aromatic rings. The number of aromatic nitrogens is 5. The summed E-state index contributed by atoms with van der Waals surface area (Å²) >= 11 is 0. The summed E-state index contributed by atoms with van der Waals surface area (Å²) in [5.41, 5.74) is 3.84. The van der Waals surface area contributed by atoms with Crippen LogP contribution in [0.1, 0.15) is 12.5 Å². The zero-order valence-corrected chi connectivity index (χ0v) is 15.8. The van der Waals surface area contributed by atoms with Gasteiger partial charge in [0.05, 0.1) is 24.7 Å². The van der Waals surface area contributed by atoms with Crippen LogP contribution in [0.2, 0.25) is 0 Å². The first kappa shape index (κ1) is 18.1. The van der Waals surface area contributed by atoms with Crippen LogP contribution in [0.15, 0.2) is 73.3 Å². The molecule has 0 spiro atoms. The van der Waals surface area contributed by atoms with Crippen LogP contribution in [0.25, 0.3) is 22.8 Å². The van der Waals surface area contributed by atoms with E-state index in [2.05, 4.69) is 15.1 Å². The molecule has 2 aromatic heterocycles. The molecule has 0 aliphatic carbocycles. The minimum atomic E-state index is -0.531. The second-order valence-electron chi connectivity index (χ2n) is 6.70. The molecule has 0 saturated heterocycles. The van der Waals surface area contributed by atoms with Gasteiger partial charge in [-0.05, 0) is 12.5 Å². The number of imidazole rings is 1. The SMILES string of the molecule is CCn1ncnc1-c1c(-c2ccccc2)ncn1C[C@@H](O)Cc1ccccc1. The second kappa shape index (κ2) is 8.19. The molecule has 0 aliphatic heterocycles.